The number of hydrogen-bond acceptors (Lipinski definition) is 4. The highest BCUT2D eigenvalue weighted by atomic mass is 35.5. The van der Waals surface area contributed by atoms with Crippen LogP contribution in [0.25, 0.3) is 0 Å². The van der Waals surface area contributed by atoms with E-state index in [2.05, 4.69) is 15.5 Å². The fourth-order valence-electron chi connectivity index (χ4n) is 1.84. The summed E-state index contributed by atoms with van der Waals surface area (Å²) in [5.74, 6) is -1.06. The van der Waals surface area contributed by atoms with Crippen LogP contribution in [0.3, 0.4) is 0 Å². The molecule has 9 heteroatoms. The van der Waals surface area contributed by atoms with Gasteiger partial charge >= 0.3 is 0 Å². The predicted octanol–water partition coefficient (Wildman–Crippen LogP) is 4.31. The van der Waals surface area contributed by atoms with E-state index in [9.17, 15) is 9.18 Å². The molecule has 0 aliphatic carbocycles. The van der Waals surface area contributed by atoms with Crippen LogP contribution < -0.4 is 11.2 Å². The first-order valence-electron chi connectivity index (χ1n) is 6.78. The van der Waals surface area contributed by atoms with Crippen LogP contribution in [-0.4, -0.2) is 16.6 Å². The van der Waals surface area contributed by atoms with Crippen molar-refractivity contribution < 1.29 is 9.18 Å². The molecule has 0 fully saturated rings. The van der Waals surface area contributed by atoms with Crippen LogP contribution in [0, 0.1) is 5.82 Å². The molecule has 0 saturated carbocycles. The number of benzene rings is 1. The molecule has 1 aromatic carbocycles. The van der Waals surface area contributed by atoms with Gasteiger partial charge in [-0.3, -0.25) is 4.79 Å². The number of amides is 1. The van der Waals surface area contributed by atoms with Crippen molar-refractivity contribution >= 4 is 52.1 Å². The molecule has 0 spiro atoms. The molecule has 0 saturated heterocycles. The standard InChI is InChI=1S/C15H12Cl3FN4O/c1-2-9(7-3-5-8(19)6-4-7)22-23-15(24)13-10(16)12(20)11(17)14(18)21-13/h3-6H,2H2,1H3,(H2,20,21)(H,23,24). The lowest BCUT2D eigenvalue weighted by atomic mass is 10.1. The Kier molecular flexibility index (Phi) is 5.99. The van der Waals surface area contributed by atoms with Crippen LogP contribution in [0.2, 0.25) is 15.2 Å². The predicted molar refractivity (Wildman–Crippen MR) is 94.4 cm³/mol. The molecule has 1 amide bonds. The molecule has 126 valence electrons. The van der Waals surface area contributed by atoms with E-state index >= 15 is 0 Å². The van der Waals surface area contributed by atoms with Crippen LogP contribution in [0.5, 0.6) is 0 Å². The molecule has 5 nitrogen and oxygen atoms in total. The molecule has 0 bridgehead atoms. The maximum Gasteiger partial charge on any atom is 0.291 e. The number of hydrogen-bond donors (Lipinski definition) is 2. The zero-order valence-corrected chi connectivity index (χ0v) is 14.7. The lowest BCUT2D eigenvalue weighted by Crippen LogP contribution is -2.22. The van der Waals surface area contributed by atoms with Crippen LogP contribution >= 0.6 is 34.8 Å². The normalized spacial score (nSPS) is 11.5. The number of halogens is 4. The monoisotopic (exact) mass is 388 g/mol. The minimum Gasteiger partial charge on any atom is -0.396 e. The number of aromatic nitrogens is 1. The van der Waals surface area contributed by atoms with E-state index in [1.165, 1.54) is 12.1 Å². The number of pyridine rings is 1. The average Bonchev–Trinajstić information content (AvgIpc) is 2.58. The Labute approximate surface area is 152 Å². The molecule has 0 aliphatic heterocycles. The first-order chi connectivity index (χ1) is 11.3. The van der Waals surface area contributed by atoms with Gasteiger partial charge in [0.2, 0.25) is 0 Å². The number of nitrogens with zero attached hydrogens (tertiary/aromatic N) is 2. The van der Waals surface area contributed by atoms with Gasteiger partial charge in [0, 0.05) is 0 Å². The minimum atomic E-state index is -0.696. The number of carbonyl (C=O) groups excluding carboxylic acids is 1. The Balaban J connectivity index is 2.27. The first-order valence-corrected chi connectivity index (χ1v) is 7.91. The van der Waals surface area contributed by atoms with E-state index < -0.39 is 5.91 Å². The van der Waals surface area contributed by atoms with Crippen molar-refractivity contribution in [2.75, 3.05) is 5.73 Å². The van der Waals surface area contributed by atoms with E-state index in [0.717, 1.165) is 0 Å². The summed E-state index contributed by atoms with van der Waals surface area (Å²) in [7, 11) is 0. The van der Waals surface area contributed by atoms with E-state index in [-0.39, 0.29) is 32.4 Å². The molecule has 0 atom stereocenters. The first kappa shape index (κ1) is 18.4. The third kappa shape index (κ3) is 3.95. The maximum absolute atomic E-state index is 13.0. The summed E-state index contributed by atoms with van der Waals surface area (Å²) in [6.45, 7) is 1.84. The maximum atomic E-state index is 13.0. The van der Waals surface area contributed by atoms with Gasteiger partial charge in [-0.2, -0.15) is 5.10 Å². The van der Waals surface area contributed by atoms with Crippen LogP contribution in [0.1, 0.15) is 29.4 Å². The highest BCUT2D eigenvalue weighted by molar-refractivity contribution is 6.46. The van der Waals surface area contributed by atoms with Gasteiger partial charge in [0.15, 0.2) is 10.8 Å². The number of nitrogen functional groups attached to an aromatic ring is 1. The molecule has 0 aliphatic rings. The van der Waals surface area contributed by atoms with Crippen LogP contribution in [0.4, 0.5) is 10.1 Å². The minimum absolute atomic E-state index is 0.0257. The van der Waals surface area contributed by atoms with Crippen molar-refractivity contribution in [3.8, 4) is 0 Å². The van der Waals surface area contributed by atoms with Gasteiger partial charge in [0.05, 0.1) is 16.4 Å². The number of rotatable bonds is 4. The average molecular weight is 390 g/mol. The lowest BCUT2D eigenvalue weighted by molar-refractivity contribution is 0.0950. The van der Waals surface area contributed by atoms with E-state index in [4.69, 9.17) is 40.5 Å². The third-order valence-corrected chi connectivity index (χ3v) is 4.23. The number of nitrogens with two attached hydrogens (primary N) is 1. The zero-order valence-electron chi connectivity index (χ0n) is 12.4. The second-order valence-electron chi connectivity index (χ2n) is 4.65. The van der Waals surface area contributed by atoms with Gasteiger partial charge in [0.25, 0.3) is 5.91 Å². The van der Waals surface area contributed by atoms with Crippen LogP contribution in [0.15, 0.2) is 29.4 Å². The van der Waals surface area contributed by atoms with Crippen molar-refractivity contribution in [2.45, 2.75) is 13.3 Å². The van der Waals surface area contributed by atoms with Crippen molar-refractivity contribution in [2.24, 2.45) is 5.10 Å². The molecule has 0 radical (unpaired) electrons. The lowest BCUT2D eigenvalue weighted by Gasteiger charge is -2.09. The highest BCUT2D eigenvalue weighted by Crippen LogP contribution is 2.34. The molecule has 1 heterocycles. The van der Waals surface area contributed by atoms with Gasteiger partial charge in [-0.1, -0.05) is 53.9 Å². The summed E-state index contributed by atoms with van der Waals surface area (Å²) in [6.07, 6.45) is 0.511. The van der Waals surface area contributed by atoms with Gasteiger partial charge in [-0.15, -0.1) is 0 Å². The summed E-state index contributed by atoms with van der Waals surface area (Å²) in [6, 6.07) is 5.74. The third-order valence-electron chi connectivity index (χ3n) is 3.09. The Morgan fingerprint density at radius 3 is 2.46 bits per heavy atom. The number of nitrogens with one attached hydrogen (secondary N) is 1. The molecule has 2 aromatic rings. The van der Waals surface area contributed by atoms with Crippen molar-refractivity contribution in [1.29, 1.82) is 0 Å². The zero-order chi connectivity index (χ0) is 17.9. The summed E-state index contributed by atoms with van der Waals surface area (Å²) in [5.41, 5.74) is 8.99. The highest BCUT2D eigenvalue weighted by Gasteiger charge is 2.19. The van der Waals surface area contributed by atoms with Gasteiger partial charge in [0.1, 0.15) is 10.8 Å². The van der Waals surface area contributed by atoms with Crippen molar-refractivity contribution in [3.05, 3.63) is 56.5 Å². The van der Waals surface area contributed by atoms with Gasteiger partial charge in [-0.25, -0.2) is 14.8 Å². The Bertz CT molecular complexity index is 809. The Morgan fingerprint density at radius 2 is 1.88 bits per heavy atom. The molecule has 2 rings (SSSR count). The quantitative estimate of drug-likeness (QED) is 0.464. The van der Waals surface area contributed by atoms with E-state index in [0.29, 0.717) is 17.7 Å². The van der Waals surface area contributed by atoms with Gasteiger partial charge in [-0.05, 0) is 24.1 Å². The number of carbonyl (C=O) groups is 1. The molecular formula is C15H12Cl3FN4O. The fraction of sp³-hybridized carbons (Fsp3) is 0.133. The number of anilines is 1. The summed E-state index contributed by atoms with van der Waals surface area (Å²) < 4.78 is 13.0. The Hall–Kier alpha value is -1.89. The molecule has 24 heavy (non-hydrogen) atoms. The number of hydrazone groups is 1. The molecule has 0 unspecified atom stereocenters. The Morgan fingerprint density at radius 1 is 1.25 bits per heavy atom. The molecular weight excluding hydrogens is 378 g/mol. The van der Waals surface area contributed by atoms with Gasteiger partial charge < -0.3 is 5.73 Å². The smallest absolute Gasteiger partial charge is 0.291 e. The van der Waals surface area contributed by atoms with Crippen molar-refractivity contribution in [1.82, 2.24) is 10.4 Å². The fourth-order valence-corrected chi connectivity index (χ4v) is 2.44. The molecule has 3 N–H and O–H groups in total. The summed E-state index contributed by atoms with van der Waals surface area (Å²) in [4.78, 5) is 16.0. The van der Waals surface area contributed by atoms with Crippen molar-refractivity contribution in [3.63, 3.8) is 0 Å². The van der Waals surface area contributed by atoms with Crippen LogP contribution in [-0.2, 0) is 0 Å². The molecule has 1 aromatic heterocycles. The second kappa shape index (κ2) is 7.79. The van der Waals surface area contributed by atoms with E-state index in [1.54, 1.807) is 12.1 Å². The van der Waals surface area contributed by atoms with E-state index in [1.807, 2.05) is 6.92 Å². The second-order valence-corrected chi connectivity index (χ2v) is 5.77. The summed E-state index contributed by atoms with van der Waals surface area (Å²) >= 11 is 17.6. The largest absolute Gasteiger partial charge is 0.396 e. The summed E-state index contributed by atoms with van der Waals surface area (Å²) in [5, 5.41) is 3.74. The topological polar surface area (TPSA) is 80.4 Å². The SMILES string of the molecule is CCC(=NNC(=O)c1nc(Cl)c(Cl)c(N)c1Cl)c1ccc(F)cc1.